The van der Waals surface area contributed by atoms with Gasteiger partial charge >= 0.3 is 0 Å². The highest BCUT2D eigenvalue weighted by Gasteiger charge is 2.26. The van der Waals surface area contributed by atoms with Crippen molar-refractivity contribution in [3.63, 3.8) is 0 Å². The Morgan fingerprint density at radius 3 is 2.62 bits per heavy atom. The molecule has 1 heterocycles. The van der Waals surface area contributed by atoms with E-state index in [9.17, 15) is 19.7 Å². The lowest BCUT2D eigenvalue weighted by Gasteiger charge is -2.31. The summed E-state index contributed by atoms with van der Waals surface area (Å²) in [5, 5.41) is 17.0. The zero-order valence-electron chi connectivity index (χ0n) is 15.3. The summed E-state index contributed by atoms with van der Waals surface area (Å²) in [7, 11) is 0. The molecule has 2 rings (SSSR count). The molecular weight excluding hydrogens is 336 g/mol. The summed E-state index contributed by atoms with van der Waals surface area (Å²) < 4.78 is 0. The minimum absolute atomic E-state index is 0.0183. The van der Waals surface area contributed by atoms with Crippen LogP contribution in [0.1, 0.15) is 42.1 Å². The summed E-state index contributed by atoms with van der Waals surface area (Å²) in [5.41, 5.74) is 0.418. The number of carbonyl (C=O) groups excluding carboxylic acids is 2. The highest BCUT2D eigenvalue weighted by Crippen LogP contribution is 2.23. The molecule has 0 aromatic heterocycles. The summed E-state index contributed by atoms with van der Waals surface area (Å²) in [6, 6.07) is 4.71. The van der Waals surface area contributed by atoms with E-state index in [1.54, 1.807) is 19.1 Å². The van der Waals surface area contributed by atoms with Gasteiger partial charge in [0.05, 0.1) is 11.5 Å². The largest absolute Gasteiger partial charge is 0.355 e. The zero-order valence-corrected chi connectivity index (χ0v) is 15.3. The number of hydrogen-bond donors (Lipinski definition) is 2. The third-order valence-electron chi connectivity index (χ3n) is 4.53. The van der Waals surface area contributed by atoms with Gasteiger partial charge < -0.3 is 10.6 Å². The van der Waals surface area contributed by atoms with Crippen molar-refractivity contribution in [2.75, 3.05) is 26.2 Å². The smallest absolute Gasteiger partial charge is 0.285 e. The molecule has 8 nitrogen and oxygen atoms in total. The minimum Gasteiger partial charge on any atom is -0.355 e. The molecule has 0 saturated carbocycles. The van der Waals surface area contributed by atoms with Crippen molar-refractivity contribution < 1.29 is 14.5 Å². The van der Waals surface area contributed by atoms with Gasteiger partial charge in [-0.2, -0.15) is 0 Å². The van der Waals surface area contributed by atoms with E-state index < -0.39 is 10.8 Å². The predicted molar refractivity (Wildman–Crippen MR) is 98.1 cm³/mol. The lowest BCUT2D eigenvalue weighted by atomic mass is 10.0. The van der Waals surface area contributed by atoms with E-state index in [1.165, 1.54) is 6.07 Å². The van der Waals surface area contributed by atoms with Gasteiger partial charge in [-0.1, -0.05) is 19.1 Å². The molecule has 8 heteroatoms. The fourth-order valence-electron chi connectivity index (χ4n) is 3.11. The number of nitrogens with zero attached hydrogens (tertiary/aromatic N) is 2. The molecule has 1 saturated heterocycles. The first-order valence-electron chi connectivity index (χ1n) is 8.96. The number of nitro groups is 1. The number of carbonyl (C=O) groups is 2. The zero-order chi connectivity index (χ0) is 19.1. The molecule has 2 amide bonds. The maximum Gasteiger partial charge on any atom is 0.285 e. The molecule has 1 aliphatic rings. The maximum absolute atomic E-state index is 12.5. The number of aryl methyl sites for hydroxylation is 1. The molecule has 142 valence electrons. The fourth-order valence-corrected chi connectivity index (χ4v) is 3.11. The molecule has 2 N–H and O–H groups in total. The van der Waals surface area contributed by atoms with Crippen LogP contribution in [-0.2, 0) is 4.79 Å². The number of benzene rings is 1. The average Bonchev–Trinajstić information content (AvgIpc) is 2.61. The average molecular weight is 362 g/mol. The standard InChI is InChI=1S/C18H26N4O4/c1-3-9-19-16(23)12-21-10-7-14(8-11-21)20-18(24)15-6-4-5-13(2)17(15)22(25)26/h4-6,14H,3,7-12H2,1-2H3,(H,19,23)(H,20,24). The first-order valence-corrected chi connectivity index (χ1v) is 8.96. The number of nitro benzene ring substituents is 1. The van der Waals surface area contributed by atoms with Gasteiger partial charge in [0.1, 0.15) is 5.56 Å². The van der Waals surface area contributed by atoms with Crippen LogP contribution < -0.4 is 10.6 Å². The summed E-state index contributed by atoms with van der Waals surface area (Å²) in [4.78, 5) is 37.0. The Hall–Kier alpha value is -2.48. The van der Waals surface area contributed by atoms with Gasteiger partial charge in [-0.3, -0.25) is 24.6 Å². The summed E-state index contributed by atoms with van der Waals surface area (Å²) in [5.74, 6) is -0.399. The van der Waals surface area contributed by atoms with E-state index in [-0.39, 0.29) is 23.2 Å². The molecule has 0 spiro atoms. The number of amides is 2. The van der Waals surface area contributed by atoms with E-state index in [0.717, 1.165) is 6.42 Å². The molecule has 0 aliphatic carbocycles. The van der Waals surface area contributed by atoms with Gasteiger partial charge in [0.15, 0.2) is 0 Å². The van der Waals surface area contributed by atoms with Crippen LogP contribution in [0.5, 0.6) is 0 Å². The Kier molecular flexibility index (Phi) is 7.08. The molecule has 1 aliphatic heterocycles. The molecule has 0 bridgehead atoms. The van der Waals surface area contributed by atoms with Crippen molar-refractivity contribution in [3.8, 4) is 0 Å². The van der Waals surface area contributed by atoms with Crippen LogP contribution in [0.15, 0.2) is 18.2 Å². The van der Waals surface area contributed by atoms with Crippen LogP contribution >= 0.6 is 0 Å². The molecular formula is C18H26N4O4. The van der Waals surface area contributed by atoms with Gasteiger partial charge in [0.2, 0.25) is 5.91 Å². The normalized spacial score (nSPS) is 15.5. The Labute approximate surface area is 153 Å². The van der Waals surface area contributed by atoms with Crippen molar-refractivity contribution in [1.82, 2.24) is 15.5 Å². The van der Waals surface area contributed by atoms with Gasteiger partial charge in [0, 0.05) is 31.2 Å². The molecule has 0 atom stereocenters. The Morgan fingerprint density at radius 2 is 2.00 bits per heavy atom. The van der Waals surface area contributed by atoms with E-state index in [2.05, 4.69) is 15.5 Å². The van der Waals surface area contributed by atoms with Crippen LogP contribution in [0.2, 0.25) is 0 Å². The number of likely N-dealkylation sites (tertiary alicyclic amines) is 1. The number of rotatable bonds is 7. The minimum atomic E-state index is -0.512. The van der Waals surface area contributed by atoms with Crippen molar-refractivity contribution in [2.45, 2.75) is 39.2 Å². The number of para-hydroxylation sites is 1. The maximum atomic E-state index is 12.5. The highest BCUT2D eigenvalue weighted by atomic mass is 16.6. The molecule has 1 aromatic rings. The van der Waals surface area contributed by atoms with Crippen LogP contribution in [0.25, 0.3) is 0 Å². The molecule has 1 aromatic carbocycles. The van der Waals surface area contributed by atoms with Gasteiger partial charge in [-0.05, 0) is 32.3 Å². The van der Waals surface area contributed by atoms with Gasteiger partial charge in [-0.25, -0.2) is 0 Å². The summed E-state index contributed by atoms with van der Waals surface area (Å²) in [6.07, 6.45) is 2.34. The third kappa shape index (κ3) is 5.26. The van der Waals surface area contributed by atoms with E-state index in [0.29, 0.717) is 44.6 Å². The van der Waals surface area contributed by atoms with Gasteiger partial charge in [-0.15, -0.1) is 0 Å². The van der Waals surface area contributed by atoms with E-state index in [1.807, 2.05) is 6.92 Å². The van der Waals surface area contributed by atoms with E-state index >= 15 is 0 Å². The van der Waals surface area contributed by atoms with Gasteiger partial charge in [0.25, 0.3) is 11.6 Å². The summed E-state index contributed by atoms with van der Waals surface area (Å²) in [6.45, 7) is 6.09. The number of piperidine rings is 1. The first kappa shape index (κ1) is 19.8. The van der Waals surface area contributed by atoms with Crippen LogP contribution in [0.3, 0.4) is 0 Å². The second-order valence-electron chi connectivity index (χ2n) is 6.60. The first-order chi connectivity index (χ1) is 12.4. The van der Waals surface area contributed by atoms with Crippen LogP contribution in [-0.4, -0.2) is 53.9 Å². The molecule has 0 radical (unpaired) electrons. The lowest BCUT2D eigenvalue weighted by Crippen LogP contribution is -2.47. The Morgan fingerprint density at radius 1 is 1.31 bits per heavy atom. The number of hydrogen-bond acceptors (Lipinski definition) is 5. The third-order valence-corrected chi connectivity index (χ3v) is 4.53. The van der Waals surface area contributed by atoms with Crippen LogP contribution in [0, 0.1) is 17.0 Å². The van der Waals surface area contributed by atoms with Crippen molar-refractivity contribution >= 4 is 17.5 Å². The summed E-state index contributed by atoms with van der Waals surface area (Å²) >= 11 is 0. The second kappa shape index (κ2) is 9.28. The van der Waals surface area contributed by atoms with E-state index in [4.69, 9.17) is 0 Å². The SMILES string of the molecule is CCCNC(=O)CN1CCC(NC(=O)c2cccc(C)c2[N+](=O)[O-])CC1. The van der Waals surface area contributed by atoms with Crippen LogP contribution in [0.4, 0.5) is 5.69 Å². The Balaban J connectivity index is 1.88. The molecule has 0 unspecified atom stereocenters. The second-order valence-corrected chi connectivity index (χ2v) is 6.60. The molecule has 26 heavy (non-hydrogen) atoms. The topological polar surface area (TPSA) is 105 Å². The van der Waals surface area contributed by atoms with Crippen molar-refractivity contribution in [3.05, 3.63) is 39.4 Å². The van der Waals surface area contributed by atoms with Crippen molar-refractivity contribution in [1.29, 1.82) is 0 Å². The highest BCUT2D eigenvalue weighted by molar-refractivity contribution is 5.98. The lowest BCUT2D eigenvalue weighted by molar-refractivity contribution is -0.385. The Bertz CT molecular complexity index is 669. The monoisotopic (exact) mass is 362 g/mol. The fraction of sp³-hybridized carbons (Fsp3) is 0.556. The molecule has 1 fully saturated rings. The number of nitrogens with one attached hydrogen (secondary N) is 2. The quantitative estimate of drug-likeness (QED) is 0.566. The van der Waals surface area contributed by atoms with Crippen molar-refractivity contribution in [2.24, 2.45) is 0 Å². The predicted octanol–water partition coefficient (Wildman–Crippen LogP) is 1.62.